The van der Waals surface area contributed by atoms with Crippen LogP contribution in [0.15, 0.2) is 21.6 Å². The van der Waals surface area contributed by atoms with Crippen molar-refractivity contribution in [1.29, 1.82) is 0 Å². The first-order valence-electron chi connectivity index (χ1n) is 8.82. The van der Waals surface area contributed by atoms with E-state index in [4.69, 9.17) is 4.52 Å². The third-order valence-electron chi connectivity index (χ3n) is 5.01. The standard InChI is InChI=1S/C19H26N2O3S/c1-6-17-18(15(5)20-24-17)16-8-7-9-21(16)25(22,23)19-13(3)10-12(2)11-14(19)4/h10-11,16H,6-9H2,1-5H3/t16-/m0/s1. The van der Waals surface area contributed by atoms with Crippen LogP contribution in [0.3, 0.4) is 0 Å². The average Bonchev–Trinajstić information content (AvgIpc) is 3.11. The van der Waals surface area contributed by atoms with Crippen LogP contribution in [0, 0.1) is 27.7 Å². The van der Waals surface area contributed by atoms with Crippen molar-refractivity contribution in [2.45, 2.75) is 64.8 Å². The number of hydrogen-bond donors (Lipinski definition) is 0. The molecular weight excluding hydrogens is 336 g/mol. The molecule has 1 fully saturated rings. The minimum absolute atomic E-state index is 0.189. The normalized spacial score (nSPS) is 18.8. The highest BCUT2D eigenvalue weighted by Gasteiger charge is 2.40. The Bertz CT molecular complexity index is 876. The second-order valence-corrected chi connectivity index (χ2v) is 8.79. The molecule has 2 heterocycles. The van der Waals surface area contributed by atoms with Crippen molar-refractivity contribution in [1.82, 2.24) is 9.46 Å². The number of aryl methyl sites for hydroxylation is 5. The summed E-state index contributed by atoms with van der Waals surface area (Å²) in [7, 11) is -3.57. The predicted molar refractivity (Wildman–Crippen MR) is 97.1 cm³/mol. The van der Waals surface area contributed by atoms with Gasteiger partial charge < -0.3 is 4.52 Å². The van der Waals surface area contributed by atoms with Crippen LogP contribution in [0.5, 0.6) is 0 Å². The quantitative estimate of drug-likeness (QED) is 0.825. The fraction of sp³-hybridized carbons (Fsp3) is 0.526. The molecular formula is C19H26N2O3S. The van der Waals surface area contributed by atoms with Gasteiger partial charge in [0.1, 0.15) is 5.76 Å². The monoisotopic (exact) mass is 362 g/mol. The summed E-state index contributed by atoms with van der Waals surface area (Å²) in [5.74, 6) is 0.793. The first-order valence-corrected chi connectivity index (χ1v) is 10.3. The number of nitrogens with zero attached hydrogens (tertiary/aromatic N) is 2. The Labute approximate surface area is 150 Å². The maximum Gasteiger partial charge on any atom is 0.244 e. The Kier molecular flexibility index (Phi) is 4.77. The maximum atomic E-state index is 13.5. The van der Waals surface area contributed by atoms with Crippen molar-refractivity contribution < 1.29 is 12.9 Å². The van der Waals surface area contributed by atoms with Gasteiger partial charge in [0.05, 0.1) is 16.6 Å². The van der Waals surface area contributed by atoms with Crippen molar-refractivity contribution in [3.05, 3.63) is 45.8 Å². The smallest absolute Gasteiger partial charge is 0.244 e. The molecule has 136 valence electrons. The first-order chi connectivity index (χ1) is 11.8. The molecule has 0 amide bonds. The number of benzene rings is 1. The molecule has 1 aliphatic rings. The third kappa shape index (κ3) is 3.02. The van der Waals surface area contributed by atoms with Gasteiger partial charge in [-0.15, -0.1) is 0 Å². The SMILES string of the molecule is CCc1onc(C)c1[C@@H]1CCCN1S(=O)(=O)c1c(C)cc(C)cc1C. The molecule has 3 rings (SSSR count). The second kappa shape index (κ2) is 6.57. The molecule has 0 unspecified atom stereocenters. The molecule has 2 aromatic rings. The van der Waals surface area contributed by atoms with E-state index < -0.39 is 10.0 Å². The lowest BCUT2D eigenvalue weighted by Gasteiger charge is -2.26. The molecule has 1 aliphatic heterocycles. The van der Waals surface area contributed by atoms with E-state index in [0.29, 0.717) is 17.9 Å². The molecule has 0 radical (unpaired) electrons. The molecule has 0 N–H and O–H groups in total. The van der Waals surface area contributed by atoms with Crippen LogP contribution in [-0.2, 0) is 16.4 Å². The molecule has 1 atom stereocenters. The van der Waals surface area contributed by atoms with Gasteiger partial charge in [0.15, 0.2) is 0 Å². The third-order valence-corrected chi connectivity index (χ3v) is 7.23. The van der Waals surface area contributed by atoms with Crippen LogP contribution < -0.4 is 0 Å². The van der Waals surface area contributed by atoms with Gasteiger partial charge in [0, 0.05) is 18.5 Å². The topological polar surface area (TPSA) is 63.4 Å². The highest BCUT2D eigenvalue weighted by Crippen LogP contribution is 2.40. The highest BCUT2D eigenvalue weighted by molar-refractivity contribution is 7.89. The van der Waals surface area contributed by atoms with E-state index in [9.17, 15) is 8.42 Å². The minimum Gasteiger partial charge on any atom is -0.361 e. The molecule has 1 saturated heterocycles. The van der Waals surface area contributed by atoms with Gasteiger partial charge in [-0.05, 0) is 51.7 Å². The average molecular weight is 362 g/mol. The summed E-state index contributed by atoms with van der Waals surface area (Å²) in [6.45, 7) is 10.2. The van der Waals surface area contributed by atoms with Gasteiger partial charge in [-0.1, -0.05) is 29.8 Å². The number of hydrogen-bond acceptors (Lipinski definition) is 4. The van der Waals surface area contributed by atoms with Crippen LogP contribution in [0.25, 0.3) is 0 Å². The van der Waals surface area contributed by atoms with E-state index in [-0.39, 0.29) is 6.04 Å². The van der Waals surface area contributed by atoms with Crippen LogP contribution in [0.1, 0.15) is 59.5 Å². The van der Waals surface area contributed by atoms with Gasteiger partial charge in [-0.25, -0.2) is 8.42 Å². The first kappa shape index (κ1) is 18.1. The number of aromatic nitrogens is 1. The predicted octanol–water partition coefficient (Wildman–Crippen LogP) is 4.00. The summed E-state index contributed by atoms with van der Waals surface area (Å²) in [6, 6.07) is 3.69. The Morgan fingerprint density at radius 2 is 1.84 bits per heavy atom. The van der Waals surface area contributed by atoms with Crippen LogP contribution in [-0.4, -0.2) is 24.4 Å². The Morgan fingerprint density at radius 1 is 1.20 bits per heavy atom. The van der Waals surface area contributed by atoms with Gasteiger partial charge in [0.25, 0.3) is 0 Å². The van der Waals surface area contributed by atoms with Gasteiger partial charge >= 0.3 is 0 Å². The van der Waals surface area contributed by atoms with Crippen molar-refractivity contribution in [2.75, 3.05) is 6.54 Å². The summed E-state index contributed by atoms with van der Waals surface area (Å²) in [4.78, 5) is 0.442. The van der Waals surface area contributed by atoms with E-state index >= 15 is 0 Å². The lowest BCUT2D eigenvalue weighted by atomic mass is 10.0. The fourth-order valence-corrected chi connectivity index (χ4v) is 6.19. The summed E-state index contributed by atoms with van der Waals surface area (Å²) in [5, 5.41) is 4.07. The zero-order valence-electron chi connectivity index (χ0n) is 15.6. The van der Waals surface area contributed by atoms with Crippen LogP contribution >= 0.6 is 0 Å². The highest BCUT2D eigenvalue weighted by atomic mass is 32.2. The van der Waals surface area contributed by atoms with E-state index in [1.165, 1.54) is 0 Å². The van der Waals surface area contributed by atoms with E-state index in [1.807, 2.05) is 46.8 Å². The number of sulfonamides is 1. The van der Waals surface area contributed by atoms with Crippen LogP contribution in [0.2, 0.25) is 0 Å². The zero-order chi connectivity index (χ0) is 18.4. The van der Waals surface area contributed by atoms with E-state index in [0.717, 1.165) is 46.5 Å². The number of rotatable bonds is 4. The minimum atomic E-state index is -3.57. The molecule has 0 bridgehead atoms. The molecule has 1 aromatic carbocycles. The Morgan fingerprint density at radius 3 is 2.44 bits per heavy atom. The molecule has 0 aliphatic carbocycles. The Balaban J connectivity index is 2.10. The summed E-state index contributed by atoms with van der Waals surface area (Å²) in [6.07, 6.45) is 2.36. The van der Waals surface area contributed by atoms with Gasteiger partial charge in [0.2, 0.25) is 10.0 Å². The summed E-state index contributed by atoms with van der Waals surface area (Å²) >= 11 is 0. The van der Waals surface area contributed by atoms with E-state index in [2.05, 4.69) is 5.16 Å². The summed E-state index contributed by atoms with van der Waals surface area (Å²) in [5.41, 5.74) is 4.43. The lowest BCUT2D eigenvalue weighted by molar-refractivity contribution is 0.367. The van der Waals surface area contributed by atoms with Crippen LogP contribution in [0.4, 0.5) is 0 Å². The zero-order valence-corrected chi connectivity index (χ0v) is 16.4. The van der Waals surface area contributed by atoms with Crippen molar-refractivity contribution in [3.63, 3.8) is 0 Å². The molecule has 5 nitrogen and oxygen atoms in total. The lowest BCUT2D eigenvalue weighted by Crippen LogP contribution is -2.32. The Hall–Kier alpha value is -1.66. The second-order valence-electron chi connectivity index (χ2n) is 6.96. The fourth-order valence-electron chi connectivity index (χ4n) is 4.11. The van der Waals surface area contributed by atoms with Gasteiger partial charge in [-0.3, -0.25) is 0 Å². The largest absolute Gasteiger partial charge is 0.361 e. The molecule has 25 heavy (non-hydrogen) atoms. The van der Waals surface area contributed by atoms with E-state index in [1.54, 1.807) is 4.31 Å². The maximum absolute atomic E-state index is 13.5. The van der Waals surface area contributed by atoms with Crippen molar-refractivity contribution >= 4 is 10.0 Å². The molecule has 6 heteroatoms. The molecule has 0 saturated carbocycles. The molecule has 1 aromatic heterocycles. The molecule has 0 spiro atoms. The van der Waals surface area contributed by atoms with Crippen molar-refractivity contribution in [2.24, 2.45) is 0 Å². The van der Waals surface area contributed by atoms with Gasteiger partial charge in [-0.2, -0.15) is 4.31 Å². The summed E-state index contributed by atoms with van der Waals surface area (Å²) < 4.78 is 34.0. The van der Waals surface area contributed by atoms with Crippen molar-refractivity contribution in [3.8, 4) is 0 Å².